The highest BCUT2D eigenvalue weighted by Crippen LogP contribution is 2.19. The Bertz CT molecular complexity index is 305. The molecule has 136 valence electrons. The number of methoxy groups -OCH3 is 1. The van der Waals surface area contributed by atoms with Gasteiger partial charge in [0, 0.05) is 33.9 Å². The first-order valence-corrected chi connectivity index (χ1v) is 9.03. The van der Waals surface area contributed by atoms with Crippen LogP contribution in [0.1, 0.15) is 32.6 Å². The molecule has 0 aliphatic carbocycles. The van der Waals surface area contributed by atoms with E-state index < -0.39 is 0 Å². The molecule has 1 fully saturated rings. The maximum atomic E-state index is 5.44. The van der Waals surface area contributed by atoms with Gasteiger partial charge in [0.2, 0.25) is 0 Å². The molecule has 1 aliphatic heterocycles. The second-order valence-electron chi connectivity index (χ2n) is 6.05. The number of likely N-dealkylation sites (tertiary alicyclic amines) is 1. The quantitative estimate of drug-likeness (QED) is 0.340. The molecule has 0 radical (unpaired) electrons. The number of guanidine groups is 1. The van der Waals surface area contributed by atoms with Crippen LogP contribution in [0.4, 0.5) is 0 Å². The smallest absolute Gasteiger partial charge is 0.190 e. The van der Waals surface area contributed by atoms with Crippen LogP contribution >= 0.6 is 0 Å². The van der Waals surface area contributed by atoms with Crippen LogP contribution in [0.3, 0.4) is 0 Å². The van der Waals surface area contributed by atoms with Crippen molar-refractivity contribution in [1.82, 2.24) is 15.5 Å². The molecule has 0 amide bonds. The van der Waals surface area contributed by atoms with Crippen LogP contribution in [0.15, 0.2) is 4.99 Å². The van der Waals surface area contributed by atoms with Crippen molar-refractivity contribution in [2.45, 2.75) is 32.6 Å². The minimum atomic E-state index is 0.661. The van der Waals surface area contributed by atoms with E-state index in [1.807, 2.05) is 7.05 Å². The molecule has 6 heteroatoms. The third kappa shape index (κ3) is 9.79. The van der Waals surface area contributed by atoms with E-state index in [-0.39, 0.29) is 0 Å². The molecule has 1 rings (SSSR count). The van der Waals surface area contributed by atoms with Gasteiger partial charge in [0.25, 0.3) is 0 Å². The first kappa shape index (κ1) is 20.2. The first-order chi connectivity index (χ1) is 11.3. The van der Waals surface area contributed by atoms with Crippen molar-refractivity contribution in [2.24, 2.45) is 10.9 Å². The van der Waals surface area contributed by atoms with E-state index in [4.69, 9.17) is 9.47 Å². The van der Waals surface area contributed by atoms with Gasteiger partial charge in [-0.05, 0) is 51.2 Å². The fourth-order valence-corrected chi connectivity index (χ4v) is 2.83. The van der Waals surface area contributed by atoms with Gasteiger partial charge in [-0.3, -0.25) is 4.99 Å². The van der Waals surface area contributed by atoms with Crippen molar-refractivity contribution in [3.8, 4) is 0 Å². The molecule has 0 unspecified atom stereocenters. The molecule has 0 bridgehead atoms. The molecule has 0 aromatic rings. The third-order valence-electron chi connectivity index (χ3n) is 4.41. The third-order valence-corrected chi connectivity index (χ3v) is 4.41. The molecule has 0 atom stereocenters. The molecular formula is C17H36N4O2. The zero-order chi connectivity index (χ0) is 16.8. The second-order valence-corrected chi connectivity index (χ2v) is 6.05. The summed E-state index contributed by atoms with van der Waals surface area (Å²) in [6, 6.07) is 0. The highest BCUT2D eigenvalue weighted by molar-refractivity contribution is 5.79. The van der Waals surface area contributed by atoms with Crippen LogP contribution < -0.4 is 10.6 Å². The minimum Gasteiger partial charge on any atom is -0.382 e. The van der Waals surface area contributed by atoms with Crippen LogP contribution in [0.2, 0.25) is 0 Å². The topological polar surface area (TPSA) is 58.1 Å². The van der Waals surface area contributed by atoms with E-state index in [2.05, 4.69) is 27.4 Å². The number of nitrogens with one attached hydrogen (secondary N) is 2. The number of hydrogen-bond acceptors (Lipinski definition) is 4. The van der Waals surface area contributed by atoms with Crippen LogP contribution in [-0.2, 0) is 9.47 Å². The van der Waals surface area contributed by atoms with Crippen molar-refractivity contribution >= 4 is 5.96 Å². The van der Waals surface area contributed by atoms with E-state index in [0.717, 1.165) is 38.0 Å². The molecule has 1 saturated heterocycles. The Morgan fingerprint density at radius 2 is 1.87 bits per heavy atom. The summed E-state index contributed by atoms with van der Waals surface area (Å²) in [6.45, 7) is 9.92. The number of nitrogens with zero attached hydrogens (tertiary/aromatic N) is 2. The molecule has 6 nitrogen and oxygen atoms in total. The van der Waals surface area contributed by atoms with Crippen LogP contribution in [0.5, 0.6) is 0 Å². The molecule has 1 heterocycles. The lowest BCUT2D eigenvalue weighted by Crippen LogP contribution is -2.40. The molecule has 0 aromatic carbocycles. The maximum Gasteiger partial charge on any atom is 0.190 e. The standard InChI is InChI=1S/C17H36N4O2/c1-4-21-11-7-16(8-12-21)6-10-20-17(18-2)19-9-5-13-23-15-14-22-3/h16H,4-15H2,1-3H3,(H2,18,19,20). The summed E-state index contributed by atoms with van der Waals surface area (Å²) in [4.78, 5) is 6.81. The number of aliphatic imine (C=N–C) groups is 1. The van der Waals surface area contributed by atoms with Gasteiger partial charge in [-0.2, -0.15) is 0 Å². The molecule has 23 heavy (non-hydrogen) atoms. The molecular weight excluding hydrogens is 292 g/mol. The first-order valence-electron chi connectivity index (χ1n) is 9.03. The van der Waals surface area contributed by atoms with Crippen molar-refractivity contribution in [3.05, 3.63) is 0 Å². The van der Waals surface area contributed by atoms with E-state index in [0.29, 0.717) is 13.2 Å². The Labute approximate surface area is 142 Å². The van der Waals surface area contributed by atoms with Gasteiger partial charge >= 0.3 is 0 Å². The molecule has 1 aliphatic rings. The Morgan fingerprint density at radius 1 is 1.13 bits per heavy atom. The fraction of sp³-hybridized carbons (Fsp3) is 0.941. The Hall–Kier alpha value is -0.850. The number of ether oxygens (including phenoxy) is 2. The Kier molecular flexibility index (Phi) is 11.9. The average molecular weight is 329 g/mol. The van der Waals surface area contributed by atoms with Crippen molar-refractivity contribution in [2.75, 3.05) is 66.7 Å². The van der Waals surface area contributed by atoms with E-state index in [1.165, 1.54) is 38.9 Å². The van der Waals surface area contributed by atoms with E-state index >= 15 is 0 Å². The monoisotopic (exact) mass is 328 g/mol. The highest BCUT2D eigenvalue weighted by atomic mass is 16.5. The molecule has 0 aromatic heterocycles. The lowest BCUT2D eigenvalue weighted by molar-refractivity contribution is 0.0698. The van der Waals surface area contributed by atoms with Crippen LogP contribution in [0.25, 0.3) is 0 Å². The zero-order valence-electron chi connectivity index (χ0n) is 15.3. The molecule has 0 spiro atoms. The summed E-state index contributed by atoms with van der Waals surface area (Å²) in [5, 5.41) is 6.75. The van der Waals surface area contributed by atoms with Gasteiger partial charge in [0.1, 0.15) is 0 Å². The largest absolute Gasteiger partial charge is 0.382 e. The van der Waals surface area contributed by atoms with Crippen molar-refractivity contribution < 1.29 is 9.47 Å². The lowest BCUT2D eigenvalue weighted by atomic mass is 9.93. The van der Waals surface area contributed by atoms with Crippen molar-refractivity contribution in [1.29, 1.82) is 0 Å². The number of piperidine rings is 1. The summed E-state index contributed by atoms with van der Waals surface area (Å²) in [5.41, 5.74) is 0. The maximum absolute atomic E-state index is 5.44. The Balaban J connectivity index is 1.99. The normalized spacial score (nSPS) is 17.4. The summed E-state index contributed by atoms with van der Waals surface area (Å²) < 4.78 is 10.4. The highest BCUT2D eigenvalue weighted by Gasteiger charge is 2.17. The SMILES string of the molecule is CCN1CCC(CCNC(=NC)NCCCOCCOC)CC1. The average Bonchev–Trinajstić information content (AvgIpc) is 2.60. The van der Waals surface area contributed by atoms with Crippen LogP contribution in [0, 0.1) is 5.92 Å². The predicted octanol–water partition coefficient (Wildman–Crippen LogP) is 1.33. The van der Waals surface area contributed by atoms with Gasteiger partial charge in [0.05, 0.1) is 13.2 Å². The second kappa shape index (κ2) is 13.6. The van der Waals surface area contributed by atoms with Crippen LogP contribution in [-0.4, -0.2) is 77.6 Å². The summed E-state index contributed by atoms with van der Waals surface area (Å²) in [5.74, 6) is 1.76. The van der Waals surface area contributed by atoms with Gasteiger partial charge in [0.15, 0.2) is 5.96 Å². The molecule has 2 N–H and O–H groups in total. The number of rotatable bonds is 11. The summed E-state index contributed by atoms with van der Waals surface area (Å²) in [7, 11) is 3.51. The van der Waals surface area contributed by atoms with Gasteiger partial charge in [-0.25, -0.2) is 0 Å². The molecule has 0 saturated carbocycles. The number of hydrogen-bond donors (Lipinski definition) is 2. The van der Waals surface area contributed by atoms with E-state index in [9.17, 15) is 0 Å². The Morgan fingerprint density at radius 3 is 2.52 bits per heavy atom. The minimum absolute atomic E-state index is 0.661. The van der Waals surface area contributed by atoms with Gasteiger partial charge in [-0.1, -0.05) is 6.92 Å². The summed E-state index contributed by atoms with van der Waals surface area (Å²) >= 11 is 0. The zero-order valence-corrected chi connectivity index (χ0v) is 15.3. The van der Waals surface area contributed by atoms with Gasteiger partial charge < -0.3 is 25.0 Å². The van der Waals surface area contributed by atoms with E-state index in [1.54, 1.807) is 7.11 Å². The van der Waals surface area contributed by atoms with Gasteiger partial charge in [-0.15, -0.1) is 0 Å². The predicted molar refractivity (Wildman–Crippen MR) is 96.1 cm³/mol. The fourth-order valence-electron chi connectivity index (χ4n) is 2.83. The van der Waals surface area contributed by atoms with Crippen molar-refractivity contribution in [3.63, 3.8) is 0 Å². The lowest BCUT2D eigenvalue weighted by Gasteiger charge is -2.31. The summed E-state index contributed by atoms with van der Waals surface area (Å²) in [6.07, 6.45) is 4.87.